The van der Waals surface area contributed by atoms with Crippen molar-refractivity contribution >= 4 is 5.91 Å². The topological polar surface area (TPSA) is 51.9 Å². The number of hydrogen-bond donors (Lipinski definition) is 1. The molecule has 0 saturated heterocycles. The first kappa shape index (κ1) is 15.1. The SMILES string of the molecule is Cc1ccc(C(C)NC(=O)c2cnn(C)c2-n2cccc2)cc1. The zero-order valence-electron chi connectivity index (χ0n) is 13.5. The average molecular weight is 308 g/mol. The molecule has 3 aromatic rings. The largest absolute Gasteiger partial charge is 0.345 e. The van der Waals surface area contributed by atoms with Gasteiger partial charge in [-0.3, -0.25) is 9.48 Å². The lowest BCUT2D eigenvalue weighted by Gasteiger charge is -2.15. The van der Waals surface area contributed by atoms with E-state index in [-0.39, 0.29) is 11.9 Å². The Morgan fingerprint density at radius 2 is 1.83 bits per heavy atom. The van der Waals surface area contributed by atoms with Crippen molar-refractivity contribution in [2.45, 2.75) is 19.9 Å². The molecule has 0 bridgehead atoms. The molecule has 1 unspecified atom stereocenters. The Hall–Kier alpha value is -2.82. The van der Waals surface area contributed by atoms with E-state index in [1.165, 1.54) is 5.56 Å². The third-order valence-corrected chi connectivity index (χ3v) is 3.93. The van der Waals surface area contributed by atoms with Crippen molar-refractivity contribution in [3.8, 4) is 5.82 Å². The van der Waals surface area contributed by atoms with Gasteiger partial charge < -0.3 is 9.88 Å². The highest BCUT2D eigenvalue weighted by atomic mass is 16.1. The number of carbonyl (C=O) groups is 1. The van der Waals surface area contributed by atoms with Crippen LogP contribution in [0, 0.1) is 6.92 Å². The summed E-state index contributed by atoms with van der Waals surface area (Å²) >= 11 is 0. The zero-order valence-corrected chi connectivity index (χ0v) is 13.5. The molecule has 0 saturated carbocycles. The summed E-state index contributed by atoms with van der Waals surface area (Å²) in [5.74, 6) is 0.624. The van der Waals surface area contributed by atoms with Crippen molar-refractivity contribution in [3.05, 3.63) is 71.7 Å². The quantitative estimate of drug-likeness (QED) is 0.805. The average Bonchev–Trinajstić information content (AvgIpc) is 3.16. The van der Waals surface area contributed by atoms with Gasteiger partial charge in [-0.05, 0) is 31.5 Å². The Labute approximate surface area is 135 Å². The molecule has 2 heterocycles. The normalized spacial score (nSPS) is 12.1. The maximum Gasteiger partial charge on any atom is 0.257 e. The lowest BCUT2D eigenvalue weighted by atomic mass is 10.1. The van der Waals surface area contributed by atoms with E-state index in [1.807, 2.05) is 74.3 Å². The number of nitrogens with one attached hydrogen (secondary N) is 1. The first-order chi connectivity index (χ1) is 11.1. The second kappa shape index (κ2) is 6.12. The fourth-order valence-corrected chi connectivity index (χ4v) is 2.59. The van der Waals surface area contributed by atoms with Crippen molar-refractivity contribution in [2.24, 2.45) is 7.05 Å². The third-order valence-electron chi connectivity index (χ3n) is 3.93. The highest BCUT2D eigenvalue weighted by molar-refractivity contribution is 5.97. The number of amides is 1. The second-order valence-corrected chi connectivity index (χ2v) is 5.70. The summed E-state index contributed by atoms with van der Waals surface area (Å²) in [6.07, 6.45) is 5.40. The molecule has 0 aliphatic rings. The number of hydrogen-bond acceptors (Lipinski definition) is 2. The second-order valence-electron chi connectivity index (χ2n) is 5.70. The smallest absolute Gasteiger partial charge is 0.257 e. The molecule has 1 atom stereocenters. The first-order valence-corrected chi connectivity index (χ1v) is 7.59. The van der Waals surface area contributed by atoms with Crippen LogP contribution in [0.5, 0.6) is 0 Å². The molecule has 1 aromatic carbocycles. The summed E-state index contributed by atoms with van der Waals surface area (Å²) < 4.78 is 3.59. The van der Waals surface area contributed by atoms with Gasteiger partial charge in [-0.15, -0.1) is 0 Å². The van der Waals surface area contributed by atoms with Crippen molar-refractivity contribution in [3.63, 3.8) is 0 Å². The minimum Gasteiger partial charge on any atom is -0.345 e. The van der Waals surface area contributed by atoms with Crippen molar-refractivity contribution in [1.29, 1.82) is 0 Å². The van der Waals surface area contributed by atoms with Gasteiger partial charge in [-0.25, -0.2) is 0 Å². The Bertz CT molecular complexity index is 800. The lowest BCUT2D eigenvalue weighted by Crippen LogP contribution is -2.27. The van der Waals surface area contributed by atoms with Crippen LogP contribution in [-0.4, -0.2) is 20.3 Å². The van der Waals surface area contributed by atoms with E-state index in [0.29, 0.717) is 5.56 Å². The van der Waals surface area contributed by atoms with Crippen LogP contribution in [0.25, 0.3) is 5.82 Å². The molecule has 1 N–H and O–H groups in total. The van der Waals surface area contributed by atoms with Crippen LogP contribution in [-0.2, 0) is 7.05 Å². The van der Waals surface area contributed by atoms with Gasteiger partial charge in [0, 0.05) is 19.4 Å². The van der Waals surface area contributed by atoms with Crippen LogP contribution in [0.2, 0.25) is 0 Å². The summed E-state index contributed by atoms with van der Waals surface area (Å²) in [5, 5.41) is 7.26. The summed E-state index contributed by atoms with van der Waals surface area (Å²) in [6.45, 7) is 4.03. The van der Waals surface area contributed by atoms with E-state index in [9.17, 15) is 4.79 Å². The van der Waals surface area contributed by atoms with Gasteiger partial charge in [0.1, 0.15) is 11.4 Å². The van der Waals surface area contributed by atoms with Crippen molar-refractivity contribution < 1.29 is 4.79 Å². The molecule has 0 radical (unpaired) electrons. The molecule has 0 fully saturated rings. The monoisotopic (exact) mass is 308 g/mol. The molecule has 5 heteroatoms. The van der Waals surface area contributed by atoms with Gasteiger partial charge in [-0.1, -0.05) is 29.8 Å². The Morgan fingerprint density at radius 1 is 1.17 bits per heavy atom. The van der Waals surface area contributed by atoms with Gasteiger partial charge in [0.05, 0.1) is 12.2 Å². The number of aryl methyl sites for hydroxylation is 2. The maximum atomic E-state index is 12.6. The predicted octanol–water partition coefficient (Wildman–Crippen LogP) is 3.01. The zero-order chi connectivity index (χ0) is 16.4. The van der Waals surface area contributed by atoms with E-state index in [2.05, 4.69) is 10.4 Å². The minimum absolute atomic E-state index is 0.0687. The third kappa shape index (κ3) is 3.04. The van der Waals surface area contributed by atoms with E-state index >= 15 is 0 Å². The predicted molar refractivity (Wildman–Crippen MR) is 89.6 cm³/mol. The fourth-order valence-electron chi connectivity index (χ4n) is 2.59. The number of rotatable bonds is 4. The van der Waals surface area contributed by atoms with E-state index in [4.69, 9.17) is 0 Å². The van der Waals surface area contributed by atoms with E-state index in [0.717, 1.165) is 11.4 Å². The lowest BCUT2D eigenvalue weighted by molar-refractivity contribution is 0.0940. The molecule has 0 spiro atoms. The van der Waals surface area contributed by atoms with Gasteiger partial charge in [0.25, 0.3) is 5.91 Å². The maximum absolute atomic E-state index is 12.6. The summed E-state index contributed by atoms with van der Waals surface area (Å²) in [4.78, 5) is 12.6. The molecule has 1 amide bonds. The molecular weight excluding hydrogens is 288 g/mol. The minimum atomic E-state index is -0.130. The van der Waals surface area contributed by atoms with Crippen LogP contribution < -0.4 is 5.32 Å². The number of carbonyl (C=O) groups excluding carboxylic acids is 1. The molecule has 2 aromatic heterocycles. The van der Waals surface area contributed by atoms with E-state index < -0.39 is 0 Å². The Morgan fingerprint density at radius 3 is 2.48 bits per heavy atom. The van der Waals surface area contributed by atoms with E-state index in [1.54, 1.807) is 10.9 Å². The van der Waals surface area contributed by atoms with Gasteiger partial charge >= 0.3 is 0 Å². The summed E-state index contributed by atoms with van der Waals surface area (Å²) in [6, 6.07) is 11.9. The highest BCUT2D eigenvalue weighted by Crippen LogP contribution is 2.17. The standard InChI is InChI=1S/C18H20N4O/c1-13-6-8-15(9-7-13)14(2)20-17(23)16-12-19-21(3)18(16)22-10-4-5-11-22/h4-12,14H,1-3H3,(H,20,23). The molecule has 23 heavy (non-hydrogen) atoms. The van der Waals surface area contributed by atoms with Crippen molar-refractivity contribution in [2.75, 3.05) is 0 Å². The van der Waals surface area contributed by atoms with Crippen LogP contribution in [0.4, 0.5) is 0 Å². The molecule has 5 nitrogen and oxygen atoms in total. The van der Waals surface area contributed by atoms with Crippen LogP contribution in [0.1, 0.15) is 34.5 Å². The van der Waals surface area contributed by atoms with Gasteiger partial charge in [-0.2, -0.15) is 5.10 Å². The van der Waals surface area contributed by atoms with Crippen molar-refractivity contribution in [1.82, 2.24) is 19.7 Å². The Kier molecular flexibility index (Phi) is 4.02. The molecular formula is C18H20N4O. The van der Waals surface area contributed by atoms with Gasteiger partial charge in [0.2, 0.25) is 0 Å². The first-order valence-electron chi connectivity index (χ1n) is 7.59. The highest BCUT2D eigenvalue weighted by Gasteiger charge is 2.19. The van der Waals surface area contributed by atoms with Crippen LogP contribution in [0.15, 0.2) is 55.0 Å². The summed E-state index contributed by atoms with van der Waals surface area (Å²) in [5.41, 5.74) is 2.84. The molecule has 3 rings (SSSR count). The number of benzene rings is 1. The van der Waals surface area contributed by atoms with Crippen LogP contribution in [0.3, 0.4) is 0 Å². The van der Waals surface area contributed by atoms with Gasteiger partial charge in [0.15, 0.2) is 0 Å². The molecule has 0 aliphatic carbocycles. The molecule has 118 valence electrons. The molecule has 0 aliphatic heterocycles. The Balaban J connectivity index is 1.83. The fraction of sp³-hybridized carbons (Fsp3) is 0.222. The number of nitrogens with zero attached hydrogens (tertiary/aromatic N) is 3. The summed E-state index contributed by atoms with van der Waals surface area (Å²) in [7, 11) is 1.83. The van der Waals surface area contributed by atoms with Crippen LogP contribution >= 0.6 is 0 Å². The number of aromatic nitrogens is 3.